The molecule has 2 atom stereocenters. The number of amides is 2. The van der Waals surface area contributed by atoms with Crippen molar-refractivity contribution in [2.75, 3.05) is 41.1 Å². The van der Waals surface area contributed by atoms with Crippen molar-refractivity contribution in [3.05, 3.63) is 30.0 Å². The average molecular weight is 519 g/mol. The molecule has 10 nitrogen and oxygen atoms in total. The fourth-order valence-corrected chi connectivity index (χ4v) is 6.59. The second kappa shape index (κ2) is 11.0. The summed E-state index contributed by atoms with van der Waals surface area (Å²) in [5.41, 5.74) is 8.36. The van der Waals surface area contributed by atoms with Gasteiger partial charge in [-0.2, -0.15) is 0 Å². The van der Waals surface area contributed by atoms with Crippen LogP contribution in [-0.2, 0) is 24.1 Å². The third-order valence-corrected chi connectivity index (χ3v) is 8.59. The standard InChI is InChI=1S/C25H34N4O6S/c1-17-15-28(25(31)35-22-7-9-34-10-8-22)24-12-19(5-6-23(24)29(17)18(2)30)20(13-26)14-27-21-4-3-11-36(32,33)16-21/h5-6,12-14,17,21-22H,3-4,7-11,15-16,26H2,1-2H3/b20-13+,27-14?/t17-,21?/m0/s1. The number of carbonyl (C=O) groups excluding carboxylic acids is 2. The molecule has 0 radical (unpaired) electrons. The summed E-state index contributed by atoms with van der Waals surface area (Å²) in [6.45, 7) is 4.79. The molecule has 1 aromatic carbocycles. The zero-order valence-electron chi connectivity index (χ0n) is 20.8. The molecule has 3 heterocycles. The predicted octanol–water partition coefficient (Wildman–Crippen LogP) is 2.51. The number of sulfone groups is 1. The molecule has 11 heteroatoms. The minimum Gasteiger partial charge on any atom is -0.446 e. The Morgan fingerprint density at radius 3 is 2.61 bits per heavy atom. The van der Waals surface area contributed by atoms with Gasteiger partial charge < -0.3 is 20.1 Å². The van der Waals surface area contributed by atoms with E-state index in [1.165, 1.54) is 13.1 Å². The number of aliphatic imine (C=N–C) groups is 1. The first-order chi connectivity index (χ1) is 17.2. The number of ether oxygens (including phenoxy) is 2. The Morgan fingerprint density at radius 1 is 1.19 bits per heavy atom. The fraction of sp³-hybridized carbons (Fsp3) is 0.560. The van der Waals surface area contributed by atoms with Gasteiger partial charge in [-0.15, -0.1) is 0 Å². The van der Waals surface area contributed by atoms with Gasteiger partial charge in [-0.05, 0) is 37.5 Å². The van der Waals surface area contributed by atoms with Crippen molar-refractivity contribution in [1.82, 2.24) is 0 Å². The van der Waals surface area contributed by atoms with Crippen molar-refractivity contribution in [1.29, 1.82) is 0 Å². The quantitative estimate of drug-likeness (QED) is 0.606. The minimum absolute atomic E-state index is 0.0306. The van der Waals surface area contributed by atoms with Crippen molar-refractivity contribution in [2.45, 2.75) is 57.7 Å². The number of allylic oxidation sites excluding steroid dienone is 1. The van der Waals surface area contributed by atoms with Crippen molar-refractivity contribution in [2.24, 2.45) is 10.7 Å². The highest BCUT2D eigenvalue weighted by Crippen LogP contribution is 2.38. The lowest BCUT2D eigenvalue weighted by atomic mass is 10.0. The van der Waals surface area contributed by atoms with Crippen LogP contribution in [0.2, 0.25) is 0 Å². The first-order valence-electron chi connectivity index (χ1n) is 12.3. The summed E-state index contributed by atoms with van der Waals surface area (Å²) in [4.78, 5) is 33.4. The third kappa shape index (κ3) is 5.89. The van der Waals surface area contributed by atoms with Gasteiger partial charge in [-0.3, -0.25) is 14.7 Å². The van der Waals surface area contributed by atoms with Crippen molar-refractivity contribution in [3.8, 4) is 0 Å². The Balaban J connectivity index is 1.63. The number of nitrogens with two attached hydrogens (primary N) is 1. The number of carbonyl (C=O) groups is 2. The maximum absolute atomic E-state index is 13.2. The van der Waals surface area contributed by atoms with Crippen LogP contribution in [0.1, 0.15) is 45.1 Å². The van der Waals surface area contributed by atoms with E-state index >= 15 is 0 Å². The largest absolute Gasteiger partial charge is 0.446 e. The fourth-order valence-electron chi connectivity index (χ4n) is 4.97. The molecular weight excluding hydrogens is 484 g/mol. The van der Waals surface area contributed by atoms with Crippen molar-refractivity contribution >= 4 is 45.0 Å². The van der Waals surface area contributed by atoms with Crippen molar-refractivity contribution in [3.63, 3.8) is 0 Å². The highest BCUT2D eigenvalue weighted by atomic mass is 32.2. The molecule has 3 aliphatic heterocycles. The second-order valence-corrected chi connectivity index (χ2v) is 11.8. The lowest BCUT2D eigenvalue weighted by Gasteiger charge is -2.41. The van der Waals surface area contributed by atoms with Gasteiger partial charge in [0.2, 0.25) is 5.91 Å². The van der Waals surface area contributed by atoms with Crippen LogP contribution in [-0.4, -0.2) is 76.1 Å². The van der Waals surface area contributed by atoms with Crippen LogP contribution in [0.5, 0.6) is 0 Å². The molecule has 0 aromatic heterocycles. The molecule has 2 amide bonds. The van der Waals surface area contributed by atoms with Gasteiger partial charge in [0.1, 0.15) is 6.10 Å². The Labute approximate surface area is 212 Å². The Bertz CT molecular complexity index is 1160. The van der Waals surface area contributed by atoms with Gasteiger partial charge in [-0.1, -0.05) is 6.07 Å². The Hall–Kier alpha value is -2.92. The molecule has 0 spiro atoms. The van der Waals surface area contributed by atoms with Crippen LogP contribution in [0.3, 0.4) is 0 Å². The summed E-state index contributed by atoms with van der Waals surface area (Å²) >= 11 is 0. The highest BCUT2D eigenvalue weighted by molar-refractivity contribution is 7.91. The van der Waals surface area contributed by atoms with E-state index in [-0.39, 0.29) is 42.1 Å². The molecule has 2 saturated heterocycles. The number of benzene rings is 1. The minimum atomic E-state index is -3.08. The summed E-state index contributed by atoms with van der Waals surface area (Å²) < 4.78 is 35.1. The molecule has 0 aliphatic carbocycles. The van der Waals surface area contributed by atoms with E-state index in [9.17, 15) is 18.0 Å². The van der Waals surface area contributed by atoms with Gasteiger partial charge >= 0.3 is 6.09 Å². The molecule has 3 aliphatic rings. The molecular formula is C25H34N4O6S. The number of hydrogen-bond donors (Lipinski definition) is 1. The number of hydrogen-bond acceptors (Lipinski definition) is 8. The second-order valence-electron chi connectivity index (χ2n) is 9.56. The molecule has 2 fully saturated rings. The molecule has 36 heavy (non-hydrogen) atoms. The lowest BCUT2D eigenvalue weighted by Crippen LogP contribution is -2.52. The normalized spacial score (nSPS) is 25.0. The summed E-state index contributed by atoms with van der Waals surface area (Å²) in [5, 5.41) is 0. The van der Waals surface area contributed by atoms with Gasteiger partial charge in [0, 0.05) is 44.3 Å². The SMILES string of the molecule is CC(=O)N1c2ccc(/C(C=NC3CCCS(=O)(=O)C3)=C/N)cc2N(C(=O)OC2CCOCC2)C[C@@H]1C. The van der Waals surface area contributed by atoms with Crippen LogP contribution < -0.4 is 15.5 Å². The van der Waals surface area contributed by atoms with Crippen LogP contribution >= 0.6 is 0 Å². The summed E-state index contributed by atoms with van der Waals surface area (Å²) in [7, 11) is -3.08. The number of nitrogens with zero attached hydrogens (tertiary/aromatic N) is 3. The summed E-state index contributed by atoms with van der Waals surface area (Å²) in [5.74, 6) is 0.112. The monoisotopic (exact) mass is 518 g/mol. The van der Waals surface area contributed by atoms with E-state index in [0.29, 0.717) is 61.4 Å². The van der Waals surface area contributed by atoms with Gasteiger partial charge in [0.25, 0.3) is 0 Å². The number of anilines is 2. The third-order valence-electron chi connectivity index (χ3n) is 6.79. The van der Waals surface area contributed by atoms with E-state index < -0.39 is 15.9 Å². The summed E-state index contributed by atoms with van der Waals surface area (Å²) in [6, 6.07) is 4.86. The zero-order chi connectivity index (χ0) is 25.9. The van der Waals surface area contributed by atoms with Crippen LogP contribution in [0.4, 0.5) is 16.2 Å². The van der Waals surface area contributed by atoms with Gasteiger partial charge in [-0.25, -0.2) is 13.2 Å². The van der Waals surface area contributed by atoms with Crippen molar-refractivity contribution < 1.29 is 27.5 Å². The number of fused-ring (bicyclic) bond motifs is 1. The first kappa shape index (κ1) is 26.2. The van der Waals surface area contributed by atoms with E-state index in [0.717, 1.165) is 0 Å². The molecule has 4 rings (SSSR count). The van der Waals surface area contributed by atoms with Crippen LogP contribution in [0, 0.1) is 0 Å². The topological polar surface area (TPSA) is 132 Å². The molecule has 1 aromatic rings. The van der Waals surface area contributed by atoms with Crippen LogP contribution in [0.25, 0.3) is 5.57 Å². The molecule has 2 N–H and O–H groups in total. The Kier molecular flexibility index (Phi) is 7.99. The van der Waals surface area contributed by atoms with E-state index in [2.05, 4.69) is 4.99 Å². The molecule has 0 bridgehead atoms. The molecule has 196 valence electrons. The smallest absolute Gasteiger partial charge is 0.414 e. The van der Waals surface area contributed by atoms with Gasteiger partial charge in [0.05, 0.1) is 48.2 Å². The zero-order valence-corrected chi connectivity index (χ0v) is 21.6. The lowest BCUT2D eigenvalue weighted by molar-refractivity contribution is -0.117. The van der Waals surface area contributed by atoms with E-state index in [1.54, 1.807) is 28.1 Å². The first-order valence-corrected chi connectivity index (χ1v) is 14.2. The highest BCUT2D eigenvalue weighted by Gasteiger charge is 2.35. The number of rotatable bonds is 4. The Morgan fingerprint density at radius 2 is 1.94 bits per heavy atom. The van der Waals surface area contributed by atoms with E-state index in [1.807, 2.05) is 13.0 Å². The van der Waals surface area contributed by atoms with E-state index in [4.69, 9.17) is 15.2 Å². The molecule has 0 saturated carbocycles. The van der Waals surface area contributed by atoms with Gasteiger partial charge in [0.15, 0.2) is 9.84 Å². The summed E-state index contributed by atoms with van der Waals surface area (Å²) in [6.07, 6.45) is 4.91. The maximum atomic E-state index is 13.2. The average Bonchev–Trinajstić information content (AvgIpc) is 2.83. The maximum Gasteiger partial charge on any atom is 0.414 e. The molecule has 1 unspecified atom stereocenters. The van der Waals surface area contributed by atoms with Crippen LogP contribution in [0.15, 0.2) is 29.4 Å². The predicted molar refractivity (Wildman–Crippen MR) is 139 cm³/mol.